The second-order valence-corrected chi connectivity index (χ2v) is 7.98. The van der Waals surface area contributed by atoms with E-state index in [1.54, 1.807) is 0 Å². The Kier molecular flexibility index (Phi) is 6.40. The Morgan fingerprint density at radius 2 is 1.65 bits per heavy atom. The number of aryl methyl sites for hydroxylation is 3. The molecule has 31 heavy (non-hydrogen) atoms. The third-order valence-electron chi connectivity index (χ3n) is 5.60. The highest BCUT2D eigenvalue weighted by molar-refractivity contribution is 6.08. The number of nitrogens with two attached hydrogens (primary N) is 1. The molecule has 156 valence electrons. The Balaban J connectivity index is 1.44. The fraction of sp³-hybridized carbons (Fsp3) is 0.269. The summed E-state index contributed by atoms with van der Waals surface area (Å²) in [6, 6.07) is 19.4. The first kappa shape index (κ1) is 20.8. The molecule has 0 fully saturated rings. The molecule has 5 heteroatoms. The first-order valence-corrected chi connectivity index (χ1v) is 10.7. The van der Waals surface area contributed by atoms with Crippen molar-refractivity contribution in [1.29, 1.82) is 5.26 Å². The summed E-state index contributed by atoms with van der Waals surface area (Å²) in [6.45, 7) is 3.72. The van der Waals surface area contributed by atoms with E-state index in [4.69, 9.17) is 11.0 Å². The van der Waals surface area contributed by atoms with E-state index >= 15 is 0 Å². The van der Waals surface area contributed by atoms with Crippen molar-refractivity contribution in [3.05, 3.63) is 77.0 Å². The molecule has 0 bridgehead atoms. The lowest BCUT2D eigenvalue weighted by molar-refractivity contribution is 0.692. The summed E-state index contributed by atoms with van der Waals surface area (Å²) in [4.78, 5) is 9.15. The molecular weight excluding hydrogens is 382 g/mol. The topological polar surface area (TPSA) is 87.6 Å². The van der Waals surface area contributed by atoms with Crippen LogP contribution in [0.15, 0.2) is 54.7 Å². The van der Waals surface area contributed by atoms with Crippen molar-refractivity contribution in [3.63, 3.8) is 0 Å². The quantitative estimate of drug-likeness (QED) is 0.330. The van der Waals surface area contributed by atoms with Gasteiger partial charge in [0, 0.05) is 29.9 Å². The molecule has 0 atom stereocenters. The van der Waals surface area contributed by atoms with Crippen molar-refractivity contribution < 1.29 is 0 Å². The summed E-state index contributed by atoms with van der Waals surface area (Å²) in [7, 11) is 0. The highest BCUT2D eigenvalue weighted by Gasteiger charge is 2.09. The molecule has 2 aromatic heterocycles. The molecule has 3 N–H and O–H groups in total. The molecule has 4 rings (SSSR count). The van der Waals surface area contributed by atoms with E-state index in [2.05, 4.69) is 76.8 Å². The third-order valence-corrected chi connectivity index (χ3v) is 5.60. The van der Waals surface area contributed by atoms with Gasteiger partial charge in [0.05, 0.1) is 11.6 Å². The van der Waals surface area contributed by atoms with Gasteiger partial charge in [-0.15, -0.1) is 0 Å². The number of anilines is 1. The maximum absolute atomic E-state index is 8.56. The van der Waals surface area contributed by atoms with Crippen LogP contribution in [0, 0.1) is 18.3 Å². The van der Waals surface area contributed by atoms with Crippen molar-refractivity contribution in [1.82, 2.24) is 15.3 Å². The molecule has 2 aromatic carbocycles. The van der Waals surface area contributed by atoms with Gasteiger partial charge >= 0.3 is 0 Å². The molecule has 0 spiro atoms. The summed E-state index contributed by atoms with van der Waals surface area (Å²) >= 11 is 0. The number of aromatic nitrogens is 2. The van der Waals surface area contributed by atoms with Gasteiger partial charge in [-0.3, -0.25) is 4.98 Å². The maximum atomic E-state index is 8.56. The van der Waals surface area contributed by atoms with Crippen LogP contribution in [0.5, 0.6) is 0 Å². The minimum absolute atomic E-state index is 0.484. The number of hydrogen-bond acceptors (Lipinski definition) is 5. The number of hydrogen-bond donors (Lipinski definition) is 2. The number of fused-ring (bicyclic) bond motifs is 3. The normalized spacial score (nSPS) is 11.1. The van der Waals surface area contributed by atoms with Crippen LogP contribution in [-0.4, -0.2) is 23.1 Å². The molecule has 0 aliphatic carbocycles. The summed E-state index contributed by atoms with van der Waals surface area (Å²) in [5, 5.41) is 14.0. The molecule has 0 unspecified atom stereocenters. The number of benzene rings is 2. The molecule has 0 radical (unpaired) electrons. The average Bonchev–Trinajstić information content (AvgIpc) is 2.78. The molecule has 0 saturated carbocycles. The third kappa shape index (κ3) is 4.99. The van der Waals surface area contributed by atoms with Crippen LogP contribution in [0.1, 0.15) is 28.7 Å². The second kappa shape index (κ2) is 9.55. The Morgan fingerprint density at radius 1 is 0.903 bits per heavy atom. The Labute approximate surface area is 182 Å². The molecule has 0 aliphatic heterocycles. The molecule has 4 aromatic rings. The lowest BCUT2D eigenvalue weighted by atomic mass is 10.0. The zero-order valence-corrected chi connectivity index (χ0v) is 17.9. The molecule has 0 amide bonds. The molecule has 5 nitrogen and oxygen atoms in total. The monoisotopic (exact) mass is 409 g/mol. The minimum Gasteiger partial charge on any atom is -0.382 e. The lowest BCUT2D eigenvalue weighted by Gasteiger charge is -2.09. The molecule has 0 aliphatic rings. The smallest absolute Gasteiger partial charge is 0.150 e. The van der Waals surface area contributed by atoms with Gasteiger partial charge in [-0.05, 0) is 67.1 Å². The standard InChI is InChI=1S/C26H27N5/c1-18-3-10-22-23-16-21(17-30-25(23)26(28)31-24(22)15-18)9-8-19-4-6-20(7-5-19)11-14-29-13-2-12-27/h3-7,10,15-17,29H,2,8-9,11,13-14H2,1H3,(H2,28,31). The number of nitrogen functional groups attached to an aromatic ring is 1. The van der Waals surface area contributed by atoms with E-state index < -0.39 is 0 Å². The van der Waals surface area contributed by atoms with Crippen LogP contribution < -0.4 is 11.1 Å². The SMILES string of the molecule is Cc1ccc2c(c1)nc(N)c1ncc(CCc3ccc(CCNCCC#N)cc3)cc12. The zero-order chi connectivity index (χ0) is 21.6. The Hall–Kier alpha value is -3.49. The average molecular weight is 410 g/mol. The first-order valence-electron chi connectivity index (χ1n) is 10.7. The highest BCUT2D eigenvalue weighted by atomic mass is 14.9. The summed E-state index contributed by atoms with van der Waals surface area (Å²) in [5.74, 6) is 0.484. The van der Waals surface area contributed by atoms with Gasteiger partial charge in [-0.2, -0.15) is 5.26 Å². The van der Waals surface area contributed by atoms with Gasteiger partial charge in [0.2, 0.25) is 0 Å². The second-order valence-electron chi connectivity index (χ2n) is 7.98. The van der Waals surface area contributed by atoms with E-state index in [0.717, 1.165) is 54.2 Å². The van der Waals surface area contributed by atoms with Crippen LogP contribution in [0.3, 0.4) is 0 Å². The summed E-state index contributed by atoms with van der Waals surface area (Å²) < 4.78 is 0. The van der Waals surface area contributed by atoms with E-state index in [1.165, 1.54) is 22.3 Å². The predicted molar refractivity (Wildman–Crippen MR) is 127 cm³/mol. The van der Waals surface area contributed by atoms with Gasteiger partial charge in [0.25, 0.3) is 0 Å². The van der Waals surface area contributed by atoms with Crippen molar-refractivity contribution in [2.45, 2.75) is 32.6 Å². The first-order chi connectivity index (χ1) is 15.1. The predicted octanol–water partition coefficient (Wildman–Crippen LogP) is 4.50. The van der Waals surface area contributed by atoms with E-state index in [1.807, 2.05) is 6.20 Å². The van der Waals surface area contributed by atoms with Gasteiger partial charge in [-0.25, -0.2) is 4.98 Å². The molecule has 0 saturated heterocycles. The fourth-order valence-corrected chi connectivity index (χ4v) is 3.86. The summed E-state index contributed by atoms with van der Waals surface area (Å²) in [5.41, 5.74) is 12.9. The van der Waals surface area contributed by atoms with Gasteiger partial charge < -0.3 is 11.1 Å². The van der Waals surface area contributed by atoms with Crippen LogP contribution in [0.2, 0.25) is 0 Å². The highest BCUT2D eigenvalue weighted by Crippen LogP contribution is 2.28. The Morgan fingerprint density at radius 3 is 2.42 bits per heavy atom. The lowest BCUT2D eigenvalue weighted by Crippen LogP contribution is -2.18. The number of nitrogens with zero attached hydrogens (tertiary/aromatic N) is 3. The van der Waals surface area contributed by atoms with Crippen molar-refractivity contribution in [3.8, 4) is 6.07 Å². The minimum atomic E-state index is 0.484. The Bertz CT molecular complexity index is 1240. The van der Waals surface area contributed by atoms with Crippen molar-refractivity contribution in [2.75, 3.05) is 18.8 Å². The van der Waals surface area contributed by atoms with Crippen LogP contribution in [0.4, 0.5) is 5.82 Å². The van der Waals surface area contributed by atoms with Crippen LogP contribution >= 0.6 is 0 Å². The van der Waals surface area contributed by atoms with Gasteiger partial charge in [0.15, 0.2) is 5.82 Å². The van der Waals surface area contributed by atoms with Crippen LogP contribution in [-0.2, 0) is 19.3 Å². The number of rotatable bonds is 8. The van der Waals surface area contributed by atoms with E-state index in [-0.39, 0.29) is 0 Å². The largest absolute Gasteiger partial charge is 0.382 e. The summed E-state index contributed by atoms with van der Waals surface area (Å²) in [6.07, 6.45) is 5.34. The number of pyridine rings is 2. The van der Waals surface area contributed by atoms with Crippen LogP contribution in [0.25, 0.3) is 21.8 Å². The van der Waals surface area contributed by atoms with Crippen molar-refractivity contribution >= 4 is 27.6 Å². The number of nitrogens with one attached hydrogen (secondary N) is 1. The fourth-order valence-electron chi connectivity index (χ4n) is 3.86. The number of nitriles is 1. The molecular formula is C26H27N5. The van der Waals surface area contributed by atoms with Crippen molar-refractivity contribution in [2.24, 2.45) is 0 Å². The van der Waals surface area contributed by atoms with Gasteiger partial charge in [0.1, 0.15) is 5.52 Å². The zero-order valence-electron chi connectivity index (χ0n) is 17.9. The maximum Gasteiger partial charge on any atom is 0.150 e. The molecule has 2 heterocycles. The van der Waals surface area contributed by atoms with E-state index in [0.29, 0.717) is 12.2 Å². The van der Waals surface area contributed by atoms with Gasteiger partial charge in [-0.1, -0.05) is 36.4 Å². The van der Waals surface area contributed by atoms with E-state index in [9.17, 15) is 0 Å².